The number of rotatable bonds is 5. The summed E-state index contributed by atoms with van der Waals surface area (Å²) in [7, 11) is 0. The van der Waals surface area contributed by atoms with E-state index < -0.39 is 5.60 Å². The summed E-state index contributed by atoms with van der Waals surface area (Å²) in [6.45, 7) is 11.3. The lowest BCUT2D eigenvalue weighted by Gasteiger charge is -2.38. The van der Waals surface area contributed by atoms with Crippen LogP contribution in [-0.4, -0.2) is 47.5 Å². The fourth-order valence-electron chi connectivity index (χ4n) is 3.52. The highest BCUT2D eigenvalue weighted by Gasteiger charge is 2.38. The maximum Gasteiger partial charge on any atom is 0.312 e. The van der Waals surface area contributed by atoms with Crippen LogP contribution in [0, 0.1) is 12.8 Å². The first kappa shape index (κ1) is 21.6. The van der Waals surface area contributed by atoms with Crippen molar-refractivity contribution in [3.63, 3.8) is 0 Å². The smallest absolute Gasteiger partial charge is 0.312 e. The zero-order valence-corrected chi connectivity index (χ0v) is 18.6. The highest BCUT2D eigenvalue weighted by molar-refractivity contribution is 7.14. The van der Waals surface area contributed by atoms with E-state index in [9.17, 15) is 9.90 Å². The second-order valence-corrected chi connectivity index (χ2v) is 9.19. The van der Waals surface area contributed by atoms with Gasteiger partial charge in [0.25, 0.3) is 0 Å². The third-order valence-electron chi connectivity index (χ3n) is 4.93. The average Bonchev–Trinajstić information content (AvgIpc) is 3.12. The normalized spacial score (nSPS) is 20.0. The molecule has 2 heterocycles. The molecule has 1 aliphatic rings. The first-order chi connectivity index (χ1) is 13.7. The first-order valence-corrected chi connectivity index (χ1v) is 10.9. The zero-order chi connectivity index (χ0) is 21.2. The number of aromatic hydroxyl groups is 1. The van der Waals surface area contributed by atoms with Crippen LogP contribution in [0.1, 0.15) is 39.7 Å². The summed E-state index contributed by atoms with van der Waals surface area (Å²) in [5.74, 6) is -0.203. The molecule has 2 atom stereocenters. The summed E-state index contributed by atoms with van der Waals surface area (Å²) in [5.41, 5.74) is 1.81. The molecule has 7 heteroatoms. The monoisotopic (exact) mass is 418 g/mol. The van der Waals surface area contributed by atoms with E-state index >= 15 is 0 Å². The number of carbonyl (C=O) groups excluding carboxylic acids is 1. The van der Waals surface area contributed by atoms with Crippen molar-refractivity contribution in [3.05, 3.63) is 29.1 Å². The molecule has 1 aromatic heterocycles. The summed E-state index contributed by atoms with van der Waals surface area (Å²) < 4.78 is 11.5. The van der Waals surface area contributed by atoms with E-state index in [1.165, 1.54) is 11.3 Å². The van der Waals surface area contributed by atoms with Crippen molar-refractivity contribution >= 4 is 22.4 Å². The van der Waals surface area contributed by atoms with Gasteiger partial charge in [-0.25, -0.2) is 4.98 Å². The molecule has 0 bridgehead atoms. The van der Waals surface area contributed by atoms with Crippen LogP contribution in [0.4, 0.5) is 5.13 Å². The summed E-state index contributed by atoms with van der Waals surface area (Å²) in [4.78, 5) is 19.5. The van der Waals surface area contributed by atoms with Gasteiger partial charge in [0.1, 0.15) is 11.4 Å². The second kappa shape index (κ2) is 8.71. The number of nitrogens with zero attached hydrogens (tertiary/aromatic N) is 2. The standard InChI is InChI=1S/C22H30N2O4S/c1-6-27-18-12-24(11-10-16(18)20(26)28-22(3,4)5)21-23-17(13-29-21)15-9-7-8-14(2)19(15)25/h7-9,13,16,18,25H,6,10-12H2,1-5H3/t16-,18?/m1/s1. The molecule has 1 unspecified atom stereocenters. The number of ether oxygens (including phenoxy) is 2. The lowest BCUT2D eigenvalue weighted by atomic mass is 9.93. The molecule has 1 saturated heterocycles. The molecule has 29 heavy (non-hydrogen) atoms. The average molecular weight is 419 g/mol. The Bertz CT molecular complexity index is 859. The topological polar surface area (TPSA) is 71.9 Å². The Morgan fingerprint density at radius 1 is 1.38 bits per heavy atom. The number of benzene rings is 1. The molecular formula is C22H30N2O4S. The molecule has 2 aromatic rings. The summed E-state index contributed by atoms with van der Waals surface area (Å²) >= 11 is 1.54. The van der Waals surface area contributed by atoms with Gasteiger partial charge in [0.05, 0.1) is 17.7 Å². The zero-order valence-electron chi connectivity index (χ0n) is 17.8. The molecule has 0 amide bonds. The van der Waals surface area contributed by atoms with Crippen LogP contribution in [-0.2, 0) is 14.3 Å². The molecule has 1 aliphatic heterocycles. The summed E-state index contributed by atoms with van der Waals surface area (Å²) in [6.07, 6.45) is 0.424. The van der Waals surface area contributed by atoms with Gasteiger partial charge < -0.3 is 19.5 Å². The number of esters is 1. The van der Waals surface area contributed by atoms with Crippen molar-refractivity contribution in [1.29, 1.82) is 0 Å². The number of phenolic OH excluding ortho intramolecular Hbond substituents is 1. The van der Waals surface area contributed by atoms with E-state index in [4.69, 9.17) is 14.5 Å². The Morgan fingerprint density at radius 3 is 2.83 bits per heavy atom. The Hall–Kier alpha value is -2.12. The van der Waals surface area contributed by atoms with Gasteiger partial charge in [0.2, 0.25) is 0 Å². The lowest BCUT2D eigenvalue weighted by molar-refractivity contribution is -0.166. The minimum atomic E-state index is -0.509. The van der Waals surface area contributed by atoms with E-state index in [0.29, 0.717) is 26.1 Å². The summed E-state index contributed by atoms with van der Waals surface area (Å²) in [6, 6.07) is 5.67. The van der Waals surface area contributed by atoms with Crippen molar-refractivity contribution in [2.45, 2.75) is 52.7 Å². The Morgan fingerprint density at radius 2 is 2.14 bits per heavy atom. The first-order valence-electron chi connectivity index (χ1n) is 10.0. The van der Waals surface area contributed by atoms with Crippen molar-refractivity contribution in [1.82, 2.24) is 4.98 Å². The Kier molecular flexibility index (Phi) is 6.49. The van der Waals surface area contributed by atoms with Gasteiger partial charge in [0.15, 0.2) is 5.13 Å². The van der Waals surface area contributed by atoms with Gasteiger partial charge in [-0.05, 0) is 52.7 Å². The number of piperidine rings is 1. The van der Waals surface area contributed by atoms with Gasteiger partial charge in [-0.1, -0.05) is 12.1 Å². The van der Waals surface area contributed by atoms with Gasteiger partial charge in [-0.3, -0.25) is 4.79 Å². The SMILES string of the molecule is CCOC1CN(c2nc(-c3cccc(C)c3O)cs2)CC[C@H]1C(=O)OC(C)(C)C. The van der Waals surface area contributed by atoms with Crippen LogP contribution >= 0.6 is 11.3 Å². The van der Waals surface area contributed by atoms with Crippen molar-refractivity contribution in [2.24, 2.45) is 5.92 Å². The predicted molar refractivity (Wildman–Crippen MR) is 116 cm³/mol. The number of aromatic nitrogens is 1. The largest absolute Gasteiger partial charge is 0.507 e. The molecular weight excluding hydrogens is 388 g/mol. The molecule has 1 fully saturated rings. The number of anilines is 1. The van der Waals surface area contributed by atoms with E-state index in [1.807, 2.05) is 58.2 Å². The molecule has 0 aliphatic carbocycles. The Balaban J connectivity index is 1.76. The molecule has 1 aromatic carbocycles. The van der Waals surface area contributed by atoms with Crippen LogP contribution < -0.4 is 4.90 Å². The van der Waals surface area contributed by atoms with E-state index in [2.05, 4.69) is 4.90 Å². The molecule has 0 saturated carbocycles. The number of carbonyl (C=O) groups is 1. The highest BCUT2D eigenvalue weighted by atomic mass is 32.1. The van der Waals surface area contributed by atoms with Gasteiger partial charge in [-0.15, -0.1) is 11.3 Å². The maximum atomic E-state index is 12.6. The number of para-hydroxylation sites is 1. The molecule has 1 N–H and O–H groups in total. The van der Waals surface area contributed by atoms with Gasteiger partial charge in [-0.2, -0.15) is 0 Å². The number of aryl methyl sites for hydroxylation is 1. The van der Waals surface area contributed by atoms with Crippen molar-refractivity contribution in [3.8, 4) is 17.0 Å². The lowest BCUT2D eigenvalue weighted by Crippen LogP contribution is -2.49. The predicted octanol–water partition coefficient (Wildman–Crippen LogP) is 4.40. The van der Waals surface area contributed by atoms with Crippen LogP contribution in [0.3, 0.4) is 0 Å². The number of phenols is 1. The molecule has 0 radical (unpaired) electrons. The van der Waals surface area contributed by atoms with Crippen molar-refractivity contribution < 1.29 is 19.4 Å². The summed E-state index contributed by atoms with van der Waals surface area (Å²) in [5, 5.41) is 13.2. The minimum absolute atomic E-state index is 0.194. The van der Waals surface area contributed by atoms with Crippen LogP contribution in [0.2, 0.25) is 0 Å². The maximum absolute atomic E-state index is 12.6. The number of thiazole rings is 1. The second-order valence-electron chi connectivity index (χ2n) is 8.35. The Labute approximate surface area is 176 Å². The molecule has 3 rings (SSSR count). The van der Waals surface area contributed by atoms with E-state index in [-0.39, 0.29) is 23.7 Å². The number of hydrogen-bond acceptors (Lipinski definition) is 7. The third-order valence-corrected chi connectivity index (χ3v) is 5.83. The van der Waals surface area contributed by atoms with Crippen LogP contribution in [0.5, 0.6) is 5.75 Å². The molecule has 158 valence electrons. The minimum Gasteiger partial charge on any atom is -0.507 e. The highest BCUT2D eigenvalue weighted by Crippen LogP contribution is 2.36. The van der Waals surface area contributed by atoms with Crippen molar-refractivity contribution in [2.75, 3.05) is 24.6 Å². The van der Waals surface area contributed by atoms with Crippen LogP contribution in [0.25, 0.3) is 11.3 Å². The quantitative estimate of drug-likeness (QED) is 0.726. The fraction of sp³-hybridized carbons (Fsp3) is 0.545. The molecule has 6 nitrogen and oxygen atoms in total. The third kappa shape index (κ3) is 5.08. The van der Waals surface area contributed by atoms with E-state index in [0.717, 1.165) is 22.0 Å². The fourth-order valence-corrected chi connectivity index (χ4v) is 4.38. The van der Waals surface area contributed by atoms with E-state index in [1.54, 1.807) is 0 Å². The van der Waals surface area contributed by atoms with Crippen LogP contribution in [0.15, 0.2) is 23.6 Å². The van der Waals surface area contributed by atoms with Gasteiger partial charge in [0, 0.05) is 30.6 Å². The molecule has 0 spiro atoms. The number of hydrogen-bond donors (Lipinski definition) is 1. The van der Waals surface area contributed by atoms with Gasteiger partial charge >= 0.3 is 5.97 Å².